The predicted octanol–water partition coefficient (Wildman–Crippen LogP) is 1.51. The maximum atomic E-state index is 5.47. The summed E-state index contributed by atoms with van der Waals surface area (Å²) in [4.78, 5) is 6.58. The Morgan fingerprint density at radius 1 is 1.40 bits per heavy atom. The van der Waals surface area contributed by atoms with Crippen LogP contribution in [0, 0.1) is 0 Å². The molecule has 0 aromatic rings. The molecule has 0 radical (unpaired) electrons. The second-order valence-electron chi connectivity index (χ2n) is 3.84. The summed E-state index contributed by atoms with van der Waals surface area (Å²) in [5.74, 6) is 0. The van der Waals surface area contributed by atoms with Crippen LogP contribution in [0.3, 0.4) is 0 Å². The zero-order valence-electron chi connectivity index (χ0n) is 9.87. The Kier molecular flexibility index (Phi) is 6.55. The molecule has 0 spiro atoms. The van der Waals surface area contributed by atoms with E-state index in [0.717, 1.165) is 39.1 Å². The van der Waals surface area contributed by atoms with Gasteiger partial charge in [0, 0.05) is 18.8 Å². The van der Waals surface area contributed by atoms with Crippen molar-refractivity contribution < 1.29 is 9.47 Å². The highest BCUT2D eigenvalue weighted by molar-refractivity contribution is 5.81. The van der Waals surface area contributed by atoms with Crippen LogP contribution in [0.5, 0.6) is 0 Å². The van der Waals surface area contributed by atoms with E-state index >= 15 is 0 Å². The predicted molar refractivity (Wildman–Crippen MR) is 61.2 cm³/mol. The van der Waals surface area contributed by atoms with Gasteiger partial charge in [-0.25, -0.2) is 0 Å². The Balaban J connectivity index is 2.02. The van der Waals surface area contributed by atoms with Gasteiger partial charge in [-0.15, -0.1) is 0 Å². The summed E-state index contributed by atoms with van der Waals surface area (Å²) in [5.41, 5.74) is 1.18. The maximum absolute atomic E-state index is 5.47. The fourth-order valence-corrected chi connectivity index (χ4v) is 1.50. The van der Waals surface area contributed by atoms with Crippen LogP contribution in [0.4, 0.5) is 0 Å². The molecule has 1 aliphatic heterocycles. The lowest BCUT2D eigenvalue weighted by Crippen LogP contribution is -2.37. The molecule has 4 heteroatoms. The molecule has 0 amide bonds. The van der Waals surface area contributed by atoms with Crippen LogP contribution < -0.4 is 0 Å². The van der Waals surface area contributed by atoms with Gasteiger partial charge in [-0.2, -0.15) is 0 Å². The molecule has 0 aliphatic carbocycles. The minimum atomic E-state index is 0.489. The molecule has 0 aromatic carbocycles. The summed E-state index contributed by atoms with van der Waals surface area (Å²) in [6.07, 6.45) is 2.22. The molecule has 0 aromatic heterocycles. The molecular formula is C11H22N2O2. The number of aliphatic imine (C=N–C) groups is 1. The van der Waals surface area contributed by atoms with Crippen molar-refractivity contribution >= 4 is 5.71 Å². The van der Waals surface area contributed by atoms with Crippen LogP contribution >= 0.6 is 0 Å². The first-order chi connectivity index (χ1) is 7.33. The van der Waals surface area contributed by atoms with Crippen molar-refractivity contribution in [1.82, 2.24) is 4.90 Å². The third kappa shape index (κ3) is 5.87. The van der Waals surface area contributed by atoms with Gasteiger partial charge in [-0.05, 0) is 13.3 Å². The number of rotatable bonds is 6. The van der Waals surface area contributed by atoms with Gasteiger partial charge >= 0.3 is 0 Å². The Hall–Kier alpha value is -0.450. The topological polar surface area (TPSA) is 34.1 Å². The lowest BCUT2D eigenvalue weighted by Gasteiger charge is -2.25. The van der Waals surface area contributed by atoms with Crippen molar-refractivity contribution in [3.05, 3.63) is 0 Å². The van der Waals surface area contributed by atoms with Gasteiger partial charge in [0.15, 0.2) is 0 Å². The Morgan fingerprint density at radius 3 is 2.80 bits per heavy atom. The summed E-state index contributed by atoms with van der Waals surface area (Å²) in [6, 6.07) is 0. The molecule has 0 atom stereocenters. The van der Waals surface area contributed by atoms with E-state index in [1.165, 1.54) is 5.71 Å². The molecular weight excluding hydrogens is 192 g/mol. The quantitative estimate of drug-likeness (QED) is 0.496. The van der Waals surface area contributed by atoms with Crippen LogP contribution in [0.25, 0.3) is 0 Å². The minimum Gasteiger partial charge on any atom is -0.379 e. The molecule has 1 fully saturated rings. The molecule has 4 nitrogen and oxygen atoms in total. The van der Waals surface area contributed by atoms with Gasteiger partial charge in [0.2, 0.25) is 0 Å². The van der Waals surface area contributed by atoms with Gasteiger partial charge in [0.05, 0.1) is 13.2 Å². The summed E-state index contributed by atoms with van der Waals surface area (Å²) in [5, 5.41) is 0. The van der Waals surface area contributed by atoms with Crippen molar-refractivity contribution in [3.8, 4) is 0 Å². The smallest absolute Gasteiger partial charge is 0.139 e. The van der Waals surface area contributed by atoms with E-state index in [-0.39, 0.29) is 0 Å². The molecule has 0 unspecified atom stereocenters. The number of ether oxygens (including phenoxy) is 2. The van der Waals surface area contributed by atoms with E-state index in [9.17, 15) is 0 Å². The Bertz CT molecular complexity index is 189. The van der Waals surface area contributed by atoms with Gasteiger partial charge < -0.3 is 9.47 Å². The lowest BCUT2D eigenvalue weighted by atomic mass is 10.2. The first-order valence-electron chi connectivity index (χ1n) is 5.70. The Labute approximate surface area is 92.3 Å². The summed E-state index contributed by atoms with van der Waals surface area (Å²) in [7, 11) is 0. The van der Waals surface area contributed by atoms with Crippen LogP contribution in [-0.4, -0.2) is 50.4 Å². The third-order valence-electron chi connectivity index (χ3n) is 2.42. The SMILES string of the molecule is CCC/C(C)=N\COCN1CCOCC1. The first-order valence-corrected chi connectivity index (χ1v) is 5.70. The molecule has 15 heavy (non-hydrogen) atoms. The normalized spacial score (nSPS) is 19.5. The molecule has 0 saturated carbocycles. The highest BCUT2D eigenvalue weighted by Crippen LogP contribution is 1.97. The molecule has 88 valence electrons. The number of hydrogen-bond acceptors (Lipinski definition) is 4. The molecule has 1 aliphatic rings. The lowest BCUT2D eigenvalue weighted by molar-refractivity contribution is -0.0308. The number of hydrogen-bond donors (Lipinski definition) is 0. The first kappa shape index (κ1) is 12.6. The second-order valence-corrected chi connectivity index (χ2v) is 3.84. The fourth-order valence-electron chi connectivity index (χ4n) is 1.50. The van der Waals surface area contributed by atoms with Crippen LogP contribution in [0.2, 0.25) is 0 Å². The monoisotopic (exact) mass is 214 g/mol. The number of morpholine rings is 1. The molecule has 1 saturated heterocycles. The van der Waals surface area contributed by atoms with E-state index in [0.29, 0.717) is 13.5 Å². The highest BCUT2D eigenvalue weighted by Gasteiger charge is 2.08. The van der Waals surface area contributed by atoms with Gasteiger partial charge in [0.25, 0.3) is 0 Å². The molecule has 1 rings (SSSR count). The van der Waals surface area contributed by atoms with E-state index < -0.39 is 0 Å². The summed E-state index contributed by atoms with van der Waals surface area (Å²) >= 11 is 0. The molecule has 0 bridgehead atoms. The van der Waals surface area contributed by atoms with Crippen molar-refractivity contribution in [2.24, 2.45) is 4.99 Å². The summed E-state index contributed by atoms with van der Waals surface area (Å²) < 4.78 is 10.7. The zero-order valence-corrected chi connectivity index (χ0v) is 9.87. The van der Waals surface area contributed by atoms with Crippen molar-refractivity contribution in [1.29, 1.82) is 0 Å². The van der Waals surface area contributed by atoms with E-state index in [1.54, 1.807) is 0 Å². The zero-order chi connectivity index (χ0) is 10.9. The average Bonchev–Trinajstić information content (AvgIpc) is 2.26. The standard InChI is InChI=1S/C11H22N2O2/c1-3-4-11(2)12-9-15-10-13-5-7-14-8-6-13/h3-10H2,1-2H3/b12-11-. The van der Waals surface area contributed by atoms with Crippen molar-refractivity contribution in [2.45, 2.75) is 26.7 Å². The van der Waals surface area contributed by atoms with Gasteiger partial charge in [0.1, 0.15) is 13.5 Å². The second kappa shape index (κ2) is 7.79. The maximum Gasteiger partial charge on any atom is 0.139 e. The van der Waals surface area contributed by atoms with E-state index in [2.05, 4.69) is 23.7 Å². The third-order valence-corrected chi connectivity index (χ3v) is 2.42. The van der Waals surface area contributed by atoms with Gasteiger partial charge in [-0.3, -0.25) is 9.89 Å². The number of nitrogens with zero attached hydrogens (tertiary/aromatic N) is 2. The largest absolute Gasteiger partial charge is 0.379 e. The molecule has 1 heterocycles. The van der Waals surface area contributed by atoms with E-state index in [4.69, 9.17) is 9.47 Å². The van der Waals surface area contributed by atoms with Crippen LogP contribution in [0.15, 0.2) is 4.99 Å². The van der Waals surface area contributed by atoms with Crippen LogP contribution in [-0.2, 0) is 9.47 Å². The Morgan fingerprint density at radius 2 is 2.13 bits per heavy atom. The van der Waals surface area contributed by atoms with Crippen LogP contribution in [0.1, 0.15) is 26.7 Å². The van der Waals surface area contributed by atoms with E-state index in [1.807, 2.05) is 0 Å². The summed E-state index contributed by atoms with van der Waals surface area (Å²) in [6.45, 7) is 8.96. The average molecular weight is 214 g/mol. The molecule has 0 N–H and O–H groups in total. The van der Waals surface area contributed by atoms with Crippen molar-refractivity contribution in [3.63, 3.8) is 0 Å². The highest BCUT2D eigenvalue weighted by atomic mass is 16.5. The van der Waals surface area contributed by atoms with Crippen molar-refractivity contribution in [2.75, 3.05) is 39.8 Å². The van der Waals surface area contributed by atoms with Gasteiger partial charge in [-0.1, -0.05) is 13.3 Å². The minimum absolute atomic E-state index is 0.489. The fraction of sp³-hybridized carbons (Fsp3) is 0.909.